The van der Waals surface area contributed by atoms with E-state index in [0.29, 0.717) is 0 Å². The molecular formula is C5H7O2. The van der Waals surface area contributed by atoms with Gasteiger partial charge in [-0.3, -0.25) is 4.79 Å². The van der Waals surface area contributed by atoms with E-state index in [1.807, 2.05) is 0 Å². The van der Waals surface area contributed by atoms with Crippen molar-refractivity contribution in [2.24, 2.45) is 0 Å². The van der Waals surface area contributed by atoms with Crippen LogP contribution in [0.4, 0.5) is 0 Å². The summed E-state index contributed by atoms with van der Waals surface area (Å²) in [5, 5.41) is 8.29. The Morgan fingerprint density at radius 2 is 2.29 bits per heavy atom. The minimum Gasteiger partial charge on any atom is -0.385 e. The van der Waals surface area contributed by atoms with Gasteiger partial charge in [-0.05, 0) is 13.0 Å². The van der Waals surface area contributed by atoms with Gasteiger partial charge >= 0.3 is 0 Å². The standard InChI is InChI=1S/C5H7O2/c1-3-5(7)4(2)6/h3-4,6H,1-2H2. The van der Waals surface area contributed by atoms with Crippen molar-refractivity contribution in [3.8, 4) is 0 Å². The summed E-state index contributed by atoms with van der Waals surface area (Å²) < 4.78 is 0. The molecule has 7 heavy (non-hydrogen) atoms. The van der Waals surface area contributed by atoms with Crippen LogP contribution in [-0.2, 0) is 4.79 Å². The molecule has 0 spiro atoms. The van der Waals surface area contributed by atoms with Crippen LogP contribution >= 0.6 is 0 Å². The van der Waals surface area contributed by atoms with E-state index in [-0.39, 0.29) is 0 Å². The molecule has 1 atom stereocenters. The summed E-state index contributed by atoms with van der Waals surface area (Å²) in [5.41, 5.74) is 0. The molecule has 0 bridgehead atoms. The van der Waals surface area contributed by atoms with Crippen molar-refractivity contribution in [1.29, 1.82) is 0 Å². The Labute approximate surface area is 42.5 Å². The molecule has 0 aromatic heterocycles. The summed E-state index contributed by atoms with van der Waals surface area (Å²) in [5.74, 6) is -0.444. The number of carbonyl (C=O) groups is 1. The molecule has 0 rings (SSSR count). The van der Waals surface area contributed by atoms with Crippen LogP contribution in [0.1, 0.15) is 0 Å². The van der Waals surface area contributed by atoms with Gasteiger partial charge in [-0.2, -0.15) is 0 Å². The van der Waals surface area contributed by atoms with Crippen molar-refractivity contribution in [3.05, 3.63) is 19.6 Å². The monoisotopic (exact) mass is 99.0 g/mol. The van der Waals surface area contributed by atoms with E-state index in [2.05, 4.69) is 13.5 Å². The van der Waals surface area contributed by atoms with Crippen LogP contribution < -0.4 is 0 Å². The molecule has 1 unspecified atom stereocenters. The lowest BCUT2D eigenvalue weighted by Gasteiger charge is -1.91. The van der Waals surface area contributed by atoms with Gasteiger partial charge in [-0.15, -0.1) is 0 Å². The van der Waals surface area contributed by atoms with Crippen LogP contribution in [0.15, 0.2) is 12.7 Å². The first-order valence-corrected chi connectivity index (χ1v) is 1.86. The number of aliphatic hydroxyl groups excluding tert-OH is 1. The van der Waals surface area contributed by atoms with Gasteiger partial charge in [-0.25, -0.2) is 0 Å². The maximum Gasteiger partial charge on any atom is 0.183 e. The number of hydrogen-bond acceptors (Lipinski definition) is 2. The van der Waals surface area contributed by atoms with Crippen LogP contribution in [0.2, 0.25) is 0 Å². The Morgan fingerprint density at radius 3 is 2.29 bits per heavy atom. The summed E-state index contributed by atoms with van der Waals surface area (Å²) in [6.45, 7) is 6.18. The summed E-state index contributed by atoms with van der Waals surface area (Å²) in [6.07, 6.45) is -0.102. The highest BCUT2D eigenvalue weighted by Crippen LogP contribution is 1.80. The molecule has 0 aromatic carbocycles. The predicted octanol–water partition coefficient (Wildman–Crippen LogP) is -0.0635. The Hall–Kier alpha value is -0.630. The third-order valence-electron chi connectivity index (χ3n) is 0.530. The second-order valence-corrected chi connectivity index (χ2v) is 1.12. The van der Waals surface area contributed by atoms with Crippen molar-refractivity contribution in [2.75, 3.05) is 0 Å². The van der Waals surface area contributed by atoms with Gasteiger partial charge in [0.1, 0.15) is 6.10 Å². The summed E-state index contributed by atoms with van der Waals surface area (Å²) in [6, 6.07) is 0. The van der Waals surface area contributed by atoms with Gasteiger partial charge in [0.15, 0.2) is 5.78 Å². The van der Waals surface area contributed by atoms with Crippen LogP contribution in [0, 0.1) is 6.92 Å². The van der Waals surface area contributed by atoms with E-state index in [0.717, 1.165) is 6.08 Å². The van der Waals surface area contributed by atoms with Crippen molar-refractivity contribution in [1.82, 2.24) is 0 Å². The lowest BCUT2D eigenvalue weighted by atomic mass is 10.3. The molecule has 0 aliphatic rings. The van der Waals surface area contributed by atoms with E-state index in [4.69, 9.17) is 5.11 Å². The highest BCUT2D eigenvalue weighted by Gasteiger charge is 2.00. The van der Waals surface area contributed by atoms with Crippen molar-refractivity contribution < 1.29 is 9.90 Å². The zero-order valence-corrected chi connectivity index (χ0v) is 3.92. The second-order valence-electron chi connectivity index (χ2n) is 1.12. The highest BCUT2D eigenvalue weighted by atomic mass is 16.3. The molecule has 0 heterocycles. The third-order valence-corrected chi connectivity index (χ3v) is 0.530. The van der Waals surface area contributed by atoms with E-state index >= 15 is 0 Å². The van der Waals surface area contributed by atoms with Crippen LogP contribution in [0.25, 0.3) is 0 Å². The lowest BCUT2D eigenvalue weighted by molar-refractivity contribution is -0.120. The quantitative estimate of drug-likeness (QED) is 0.492. The molecule has 0 aromatic rings. The Balaban J connectivity index is 3.56. The van der Waals surface area contributed by atoms with Crippen molar-refractivity contribution in [2.45, 2.75) is 6.10 Å². The zero-order valence-electron chi connectivity index (χ0n) is 3.92. The number of carbonyl (C=O) groups excluding carboxylic acids is 1. The van der Waals surface area contributed by atoms with Gasteiger partial charge in [0.05, 0.1) is 0 Å². The van der Waals surface area contributed by atoms with Crippen LogP contribution in [0.3, 0.4) is 0 Å². The third kappa shape index (κ3) is 2.11. The average molecular weight is 99.1 g/mol. The molecular weight excluding hydrogens is 92.1 g/mol. The molecule has 0 amide bonds. The number of hydrogen-bond donors (Lipinski definition) is 1. The molecule has 0 fully saturated rings. The van der Waals surface area contributed by atoms with Crippen LogP contribution in [-0.4, -0.2) is 17.0 Å². The minimum absolute atomic E-state index is 0.444. The van der Waals surface area contributed by atoms with E-state index in [1.165, 1.54) is 0 Å². The molecule has 0 saturated heterocycles. The first-order chi connectivity index (χ1) is 3.18. The molecule has 1 N–H and O–H groups in total. The Morgan fingerprint density at radius 1 is 1.86 bits per heavy atom. The van der Waals surface area contributed by atoms with Gasteiger partial charge in [0, 0.05) is 0 Å². The Bertz CT molecular complexity index is 84.1. The zero-order chi connectivity index (χ0) is 5.86. The Kier molecular flexibility index (Phi) is 2.30. The summed E-state index contributed by atoms with van der Waals surface area (Å²) >= 11 is 0. The lowest BCUT2D eigenvalue weighted by Crippen LogP contribution is -2.12. The van der Waals surface area contributed by atoms with Crippen molar-refractivity contribution in [3.63, 3.8) is 0 Å². The summed E-state index contributed by atoms with van der Waals surface area (Å²) in [7, 11) is 0. The maximum atomic E-state index is 10.1. The van der Waals surface area contributed by atoms with Gasteiger partial charge < -0.3 is 5.11 Å². The smallest absolute Gasteiger partial charge is 0.183 e. The van der Waals surface area contributed by atoms with Gasteiger partial charge in [0.25, 0.3) is 0 Å². The predicted molar refractivity (Wildman–Crippen MR) is 26.6 cm³/mol. The largest absolute Gasteiger partial charge is 0.385 e. The first kappa shape index (κ1) is 6.37. The molecule has 39 valence electrons. The summed E-state index contributed by atoms with van der Waals surface area (Å²) in [4.78, 5) is 10.1. The topological polar surface area (TPSA) is 37.3 Å². The maximum absolute atomic E-state index is 10.1. The van der Waals surface area contributed by atoms with E-state index < -0.39 is 11.9 Å². The van der Waals surface area contributed by atoms with Crippen LogP contribution in [0.5, 0.6) is 0 Å². The fourth-order valence-corrected chi connectivity index (χ4v) is 0.136. The molecule has 2 nitrogen and oxygen atoms in total. The van der Waals surface area contributed by atoms with E-state index in [1.54, 1.807) is 0 Å². The normalized spacial score (nSPS) is 12.9. The average Bonchev–Trinajstić information content (AvgIpc) is 1.65. The molecule has 0 aliphatic heterocycles. The van der Waals surface area contributed by atoms with E-state index in [9.17, 15) is 4.79 Å². The second kappa shape index (κ2) is 2.53. The number of rotatable bonds is 2. The van der Waals surface area contributed by atoms with Crippen molar-refractivity contribution >= 4 is 5.78 Å². The first-order valence-electron chi connectivity index (χ1n) is 1.86. The minimum atomic E-state index is -1.14. The fraction of sp³-hybridized carbons (Fsp3) is 0.200. The molecule has 0 aliphatic carbocycles. The molecule has 0 saturated carbocycles. The van der Waals surface area contributed by atoms with Gasteiger partial charge in [0.2, 0.25) is 0 Å². The molecule has 1 radical (unpaired) electrons. The highest BCUT2D eigenvalue weighted by molar-refractivity contribution is 5.93. The fourth-order valence-electron chi connectivity index (χ4n) is 0.136. The molecule has 2 heteroatoms. The SMILES string of the molecule is [CH2]C(O)C(=O)C=C. The number of ketones is 1. The number of aliphatic hydroxyl groups is 1. The van der Waals surface area contributed by atoms with Gasteiger partial charge in [-0.1, -0.05) is 6.58 Å².